The Labute approximate surface area is 181 Å². The Bertz CT molecular complexity index is 1150. The zero-order chi connectivity index (χ0) is 20.5. The van der Waals surface area contributed by atoms with E-state index < -0.39 is 0 Å². The molecule has 0 saturated carbocycles. The highest BCUT2D eigenvalue weighted by Crippen LogP contribution is 2.40. The van der Waals surface area contributed by atoms with Gasteiger partial charge in [0.15, 0.2) is 5.11 Å². The lowest BCUT2D eigenvalue weighted by molar-refractivity contribution is 0.280. The van der Waals surface area contributed by atoms with E-state index in [1.807, 2.05) is 36.5 Å². The first kappa shape index (κ1) is 18.6. The number of furan rings is 1. The van der Waals surface area contributed by atoms with Crippen LogP contribution < -0.4 is 5.32 Å². The van der Waals surface area contributed by atoms with Crippen LogP contribution in [0.4, 0.5) is 0 Å². The molecule has 1 aliphatic rings. The van der Waals surface area contributed by atoms with Gasteiger partial charge >= 0.3 is 0 Å². The molecule has 1 aromatic carbocycles. The van der Waals surface area contributed by atoms with Crippen molar-refractivity contribution in [2.45, 2.75) is 25.6 Å². The van der Waals surface area contributed by atoms with E-state index in [1.165, 1.54) is 5.56 Å². The summed E-state index contributed by atoms with van der Waals surface area (Å²) in [6.07, 6.45) is 5.63. The quantitative estimate of drug-likeness (QED) is 0.469. The molecular formula is C24H22N4OS. The second kappa shape index (κ2) is 7.80. The van der Waals surface area contributed by atoms with Crippen LogP contribution in [-0.2, 0) is 6.54 Å². The smallest absolute Gasteiger partial charge is 0.170 e. The van der Waals surface area contributed by atoms with Crippen LogP contribution in [0.3, 0.4) is 0 Å². The van der Waals surface area contributed by atoms with Gasteiger partial charge in [0.2, 0.25) is 0 Å². The molecule has 4 aromatic rings. The fraction of sp³-hybridized carbons (Fsp3) is 0.167. The summed E-state index contributed by atoms with van der Waals surface area (Å²) in [6, 6.07) is 22.4. The third kappa shape index (κ3) is 3.29. The number of hydrogen-bond donors (Lipinski definition) is 1. The Morgan fingerprint density at radius 2 is 1.90 bits per heavy atom. The van der Waals surface area contributed by atoms with E-state index in [0.717, 1.165) is 22.8 Å². The highest BCUT2D eigenvalue weighted by Gasteiger charge is 2.41. The number of nitrogens with zero attached hydrogens (tertiary/aromatic N) is 3. The van der Waals surface area contributed by atoms with Crippen LogP contribution >= 0.6 is 12.2 Å². The van der Waals surface area contributed by atoms with Crippen molar-refractivity contribution in [1.82, 2.24) is 19.8 Å². The Kier molecular flexibility index (Phi) is 4.85. The number of hydrogen-bond acceptors (Lipinski definition) is 3. The van der Waals surface area contributed by atoms with E-state index in [4.69, 9.17) is 16.6 Å². The summed E-state index contributed by atoms with van der Waals surface area (Å²) < 4.78 is 7.88. The van der Waals surface area contributed by atoms with Gasteiger partial charge in [-0.3, -0.25) is 4.98 Å². The van der Waals surface area contributed by atoms with Gasteiger partial charge < -0.3 is 19.2 Å². The summed E-state index contributed by atoms with van der Waals surface area (Å²) in [6.45, 7) is 2.72. The Morgan fingerprint density at radius 3 is 2.67 bits per heavy atom. The molecule has 2 atom stereocenters. The Hall–Kier alpha value is -3.38. The second-order valence-corrected chi connectivity index (χ2v) is 7.81. The van der Waals surface area contributed by atoms with Crippen LogP contribution in [0, 0.1) is 6.92 Å². The minimum absolute atomic E-state index is 0.0351. The molecule has 0 aliphatic carbocycles. The van der Waals surface area contributed by atoms with Crippen molar-refractivity contribution in [3.05, 3.63) is 108 Å². The largest absolute Gasteiger partial charge is 0.467 e. The van der Waals surface area contributed by atoms with Crippen molar-refractivity contribution in [2.24, 2.45) is 0 Å². The minimum Gasteiger partial charge on any atom is -0.467 e. The van der Waals surface area contributed by atoms with Crippen LogP contribution in [0.15, 0.2) is 89.8 Å². The summed E-state index contributed by atoms with van der Waals surface area (Å²) in [7, 11) is 0. The van der Waals surface area contributed by atoms with Gasteiger partial charge in [-0.1, -0.05) is 24.3 Å². The van der Waals surface area contributed by atoms with Crippen molar-refractivity contribution in [3.8, 4) is 5.69 Å². The molecule has 0 unspecified atom stereocenters. The van der Waals surface area contributed by atoms with Gasteiger partial charge in [0.1, 0.15) is 5.76 Å². The minimum atomic E-state index is -0.0636. The second-order valence-electron chi connectivity index (χ2n) is 7.42. The molecule has 6 heteroatoms. The summed E-state index contributed by atoms with van der Waals surface area (Å²) in [4.78, 5) is 6.82. The van der Waals surface area contributed by atoms with Crippen molar-refractivity contribution in [2.75, 3.05) is 0 Å². The van der Waals surface area contributed by atoms with Gasteiger partial charge in [-0.05, 0) is 67.2 Å². The van der Waals surface area contributed by atoms with Gasteiger partial charge in [-0.2, -0.15) is 0 Å². The maximum absolute atomic E-state index is 5.76. The highest BCUT2D eigenvalue weighted by atomic mass is 32.1. The lowest BCUT2D eigenvalue weighted by Gasteiger charge is -2.28. The predicted octanol–water partition coefficient (Wildman–Crippen LogP) is 4.95. The molecule has 0 radical (unpaired) electrons. The van der Waals surface area contributed by atoms with Crippen LogP contribution in [-0.4, -0.2) is 19.6 Å². The van der Waals surface area contributed by atoms with Crippen LogP contribution in [0.25, 0.3) is 5.69 Å². The molecule has 1 saturated heterocycles. The molecule has 0 amide bonds. The standard InChI is InChI=1S/C24H22N4OS/c1-17-8-2-3-11-20(17)27-14-6-12-21(27)23-22(19-10-4-5-13-25-19)26-24(30)28(23)16-18-9-7-15-29-18/h2-15,22-23H,16H2,1H3,(H,26,30)/t22-,23+/m1/s1. The predicted molar refractivity (Wildman–Crippen MR) is 120 cm³/mol. The number of pyridine rings is 1. The first-order valence-electron chi connectivity index (χ1n) is 9.96. The van der Waals surface area contributed by atoms with E-state index in [1.54, 1.807) is 6.26 Å². The maximum atomic E-state index is 5.76. The summed E-state index contributed by atoms with van der Waals surface area (Å²) in [5.41, 5.74) is 4.49. The van der Waals surface area contributed by atoms with Crippen molar-refractivity contribution in [3.63, 3.8) is 0 Å². The molecule has 5 nitrogen and oxygen atoms in total. The van der Waals surface area contributed by atoms with Gasteiger partial charge in [0.05, 0.1) is 30.6 Å². The molecule has 1 aliphatic heterocycles. The summed E-state index contributed by atoms with van der Waals surface area (Å²) in [5.74, 6) is 0.875. The fourth-order valence-corrected chi connectivity index (χ4v) is 4.46. The number of thiocarbonyl (C=S) groups is 1. The normalized spacial score (nSPS) is 18.6. The van der Waals surface area contributed by atoms with Crippen LogP contribution in [0.1, 0.15) is 34.8 Å². The number of rotatable bonds is 5. The number of aromatic nitrogens is 2. The lowest BCUT2D eigenvalue weighted by atomic mass is 10.0. The molecule has 1 N–H and O–H groups in total. The van der Waals surface area contributed by atoms with Crippen molar-refractivity contribution >= 4 is 17.3 Å². The average Bonchev–Trinajstić information content (AvgIpc) is 3.51. The number of nitrogens with one attached hydrogen (secondary N) is 1. The van der Waals surface area contributed by atoms with Crippen molar-refractivity contribution < 1.29 is 4.42 Å². The summed E-state index contributed by atoms with van der Waals surface area (Å²) >= 11 is 5.76. The first-order valence-corrected chi connectivity index (χ1v) is 10.4. The van der Waals surface area contributed by atoms with Gasteiger partial charge in [0.25, 0.3) is 0 Å². The number of aryl methyl sites for hydroxylation is 1. The molecule has 0 spiro atoms. The lowest BCUT2D eigenvalue weighted by Crippen LogP contribution is -2.29. The van der Waals surface area contributed by atoms with Gasteiger partial charge in [-0.25, -0.2) is 0 Å². The van der Waals surface area contributed by atoms with E-state index in [0.29, 0.717) is 11.7 Å². The Balaban J connectivity index is 1.62. The summed E-state index contributed by atoms with van der Waals surface area (Å²) in [5, 5.41) is 4.20. The highest BCUT2D eigenvalue weighted by molar-refractivity contribution is 7.80. The third-order valence-corrected chi connectivity index (χ3v) is 5.91. The van der Waals surface area contributed by atoms with E-state index in [-0.39, 0.29) is 12.1 Å². The van der Waals surface area contributed by atoms with Gasteiger partial charge in [0, 0.05) is 23.8 Å². The fourth-order valence-electron chi connectivity index (χ4n) is 4.16. The molecule has 30 heavy (non-hydrogen) atoms. The van der Waals surface area contributed by atoms with E-state index in [2.05, 4.69) is 69.3 Å². The molecule has 5 rings (SSSR count). The van der Waals surface area contributed by atoms with Gasteiger partial charge in [-0.15, -0.1) is 0 Å². The molecule has 150 valence electrons. The van der Waals surface area contributed by atoms with Crippen LogP contribution in [0.2, 0.25) is 0 Å². The van der Waals surface area contributed by atoms with Crippen LogP contribution in [0.5, 0.6) is 0 Å². The molecule has 3 aromatic heterocycles. The number of para-hydroxylation sites is 1. The zero-order valence-electron chi connectivity index (χ0n) is 16.6. The molecular weight excluding hydrogens is 392 g/mol. The SMILES string of the molecule is Cc1ccccc1-n1cccc1[C@H]1[C@@H](c2ccccn2)NC(=S)N1Cc1ccco1. The van der Waals surface area contributed by atoms with Crippen molar-refractivity contribution in [1.29, 1.82) is 0 Å². The maximum Gasteiger partial charge on any atom is 0.170 e. The monoisotopic (exact) mass is 414 g/mol. The first-order chi connectivity index (χ1) is 14.7. The average molecular weight is 415 g/mol. The topological polar surface area (TPSA) is 46.2 Å². The number of benzene rings is 1. The molecule has 1 fully saturated rings. The molecule has 4 heterocycles. The van der Waals surface area contributed by atoms with E-state index >= 15 is 0 Å². The molecule has 0 bridgehead atoms. The Morgan fingerprint density at radius 1 is 1.03 bits per heavy atom. The zero-order valence-corrected chi connectivity index (χ0v) is 17.4. The van der Waals surface area contributed by atoms with E-state index in [9.17, 15) is 0 Å². The third-order valence-electron chi connectivity index (χ3n) is 5.56.